The van der Waals surface area contributed by atoms with E-state index in [0.29, 0.717) is 42.7 Å². The van der Waals surface area contributed by atoms with E-state index in [2.05, 4.69) is 23.1 Å². The van der Waals surface area contributed by atoms with Gasteiger partial charge in [-0.1, -0.05) is 48.5 Å². The summed E-state index contributed by atoms with van der Waals surface area (Å²) in [6, 6.07) is 18.9. The minimum Gasteiger partial charge on any atom is -0.493 e. The first-order valence-corrected chi connectivity index (χ1v) is 15.6. The molecule has 9 heteroatoms. The summed E-state index contributed by atoms with van der Waals surface area (Å²) in [7, 11) is 3.32. The van der Waals surface area contributed by atoms with Crippen molar-refractivity contribution in [2.75, 3.05) is 27.2 Å². The minimum absolute atomic E-state index is 0.101. The molecule has 45 heavy (non-hydrogen) atoms. The summed E-state index contributed by atoms with van der Waals surface area (Å²) >= 11 is 0. The minimum atomic E-state index is -4.47. The van der Waals surface area contributed by atoms with Crippen LogP contribution in [0.1, 0.15) is 47.1 Å². The Morgan fingerprint density at radius 2 is 1.93 bits per heavy atom. The summed E-state index contributed by atoms with van der Waals surface area (Å²) in [6.07, 6.45) is 1.05. The molecular formula is C36H37F3N2O4. The molecule has 1 N–H and O–H groups in total. The molecule has 2 fully saturated rings. The average Bonchev–Trinajstić information content (AvgIpc) is 3.38. The second-order valence-electron chi connectivity index (χ2n) is 12.8. The third-order valence-corrected chi connectivity index (χ3v) is 10.8. The molecular weight excluding hydrogens is 581 g/mol. The van der Waals surface area contributed by atoms with E-state index in [-0.39, 0.29) is 18.0 Å². The van der Waals surface area contributed by atoms with Gasteiger partial charge < -0.3 is 19.5 Å². The number of hydrogen-bond donors (Lipinski definition) is 1. The molecule has 236 valence electrons. The van der Waals surface area contributed by atoms with Crippen LogP contribution in [-0.4, -0.2) is 71.8 Å². The van der Waals surface area contributed by atoms with Crippen LogP contribution in [0.5, 0.6) is 11.5 Å². The lowest BCUT2D eigenvalue weighted by Gasteiger charge is -2.64. The van der Waals surface area contributed by atoms with Crippen molar-refractivity contribution in [3.8, 4) is 11.5 Å². The molecule has 0 unspecified atom stereocenters. The van der Waals surface area contributed by atoms with Gasteiger partial charge >= 0.3 is 6.18 Å². The van der Waals surface area contributed by atoms with Crippen LogP contribution in [0.4, 0.5) is 13.2 Å². The smallest absolute Gasteiger partial charge is 0.416 e. The highest BCUT2D eigenvalue weighted by molar-refractivity contribution is 5.92. The quantitative estimate of drug-likeness (QED) is 0.347. The third-order valence-electron chi connectivity index (χ3n) is 10.8. The Balaban J connectivity index is 1.20. The average molecular weight is 619 g/mol. The molecule has 0 radical (unpaired) electrons. The van der Waals surface area contributed by atoms with Crippen LogP contribution in [0, 0.1) is 0 Å². The van der Waals surface area contributed by atoms with E-state index >= 15 is 0 Å². The molecule has 1 spiro atoms. The number of likely N-dealkylation sites (tertiary alicyclic amines) is 1. The number of alkyl halides is 3. The number of piperidine rings is 1. The maximum Gasteiger partial charge on any atom is 0.416 e. The zero-order valence-corrected chi connectivity index (χ0v) is 25.4. The number of benzene rings is 3. The van der Waals surface area contributed by atoms with Crippen LogP contribution in [0.15, 0.2) is 72.8 Å². The number of nitrogens with zero attached hydrogens (tertiary/aromatic N) is 2. The topological polar surface area (TPSA) is 62.2 Å². The van der Waals surface area contributed by atoms with Crippen LogP contribution >= 0.6 is 0 Å². The monoisotopic (exact) mass is 618 g/mol. The summed E-state index contributed by atoms with van der Waals surface area (Å²) in [6.45, 7) is 1.62. The Morgan fingerprint density at radius 1 is 1.13 bits per heavy atom. The lowest BCUT2D eigenvalue weighted by Crippen LogP contribution is -2.78. The number of carbonyl (C=O) groups excluding carboxylic acids is 1. The molecule has 2 bridgehead atoms. The molecule has 2 heterocycles. The van der Waals surface area contributed by atoms with E-state index in [9.17, 15) is 23.1 Å². The van der Waals surface area contributed by atoms with E-state index in [1.54, 1.807) is 19.1 Å². The van der Waals surface area contributed by atoms with Gasteiger partial charge in [-0.3, -0.25) is 9.69 Å². The highest BCUT2D eigenvalue weighted by atomic mass is 19.4. The summed E-state index contributed by atoms with van der Waals surface area (Å²) in [5.41, 5.74) is 1.16. The molecule has 2 aliphatic carbocycles. The van der Waals surface area contributed by atoms with E-state index in [1.807, 2.05) is 24.3 Å². The molecule has 3 aromatic rings. The molecule has 6 nitrogen and oxygen atoms in total. The van der Waals surface area contributed by atoms with Crippen LogP contribution in [0.3, 0.4) is 0 Å². The largest absolute Gasteiger partial charge is 0.493 e. The highest BCUT2D eigenvalue weighted by Gasteiger charge is 2.73. The maximum atomic E-state index is 13.5. The van der Waals surface area contributed by atoms with Gasteiger partial charge in [-0.2, -0.15) is 13.2 Å². The van der Waals surface area contributed by atoms with Gasteiger partial charge in [0.15, 0.2) is 11.5 Å². The van der Waals surface area contributed by atoms with Gasteiger partial charge in [0.2, 0.25) is 5.91 Å². The number of amides is 1. The van der Waals surface area contributed by atoms with E-state index in [1.165, 1.54) is 29.8 Å². The van der Waals surface area contributed by atoms with Crippen LogP contribution in [-0.2, 0) is 29.2 Å². The summed E-state index contributed by atoms with van der Waals surface area (Å²) in [5.74, 6) is 0.933. The Labute approximate surface area is 261 Å². The second-order valence-corrected chi connectivity index (χ2v) is 12.8. The van der Waals surface area contributed by atoms with Gasteiger partial charge in [0.25, 0.3) is 0 Å². The standard InChI is InChI=1S/C36H37F3N2O4/c1-40(30(42)14-11-24-9-6-10-26(21-24)36(37,38)39)27-15-17-35(43)29-22-25-12-13-28(44-2)32-31(25)34(35,33(27)45-32)18-20-41(29)19-16-23-7-4-3-5-8-23/h3-14,21,27,29,33,43H,15-20,22H2,1-2H3/t27-,29-,33+,34+,35-/m1/s1. The van der Waals surface area contributed by atoms with Crippen molar-refractivity contribution >= 4 is 12.0 Å². The Morgan fingerprint density at radius 3 is 2.69 bits per heavy atom. The first-order valence-electron chi connectivity index (χ1n) is 15.6. The highest BCUT2D eigenvalue weighted by Crippen LogP contribution is 2.66. The van der Waals surface area contributed by atoms with Crippen LogP contribution in [0.2, 0.25) is 0 Å². The van der Waals surface area contributed by atoms with Crippen molar-refractivity contribution in [2.45, 2.75) is 67.5 Å². The zero-order chi connectivity index (χ0) is 31.6. The van der Waals surface area contributed by atoms with Crippen LogP contribution in [0.25, 0.3) is 6.08 Å². The lowest BCUT2D eigenvalue weighted by atomic mass is 9.48. The number of aliphatic hydroxyl groups is 1. The summed E-state index contributed by atoms with van der Waals surface area (Å²) in [4.78, 5) is 17.6. The first kappa shape index (κ1) is 29.9. The molecule has 0 aromatic heterocycles. The SMILES string of the molecule is COc1ccc2c3c1O[C@H]1[C@H](N(C)C(=O)C=Cc4cccc(C(F)(F)F)c4)CC[C@@]4(O)[C@@H](C2)N(CCc2ccccc2)CC[C@]314. The Bertz CT molecular complexity index is 1640. The lowest BCUT2D eigenvalue weighted by molar-refractivity contribution is -0.199. The molecule has 7 rings (SSSR count). The van der Waals surface area contributed by atoms with Gasteiger partial charge in [-0.05, 0) is 79.6 Å². The molecule has 3 aromatic carbocycles. The Kier molecular flexibility index (Phi) is 7.24. The van der Waals surface area contributed by atoms with Gasteiger partial charge in [0.1, 0.15) is 6.10 Å². The third kappa shape index (κ3) is 4.65. The van der Waals surface area contributed by atoms with Gasteiger partial charge in [0, 0.05) is 31.3 Å². The fourth-order valence-corrected chi connectivity index (χ4v) is 8.60. The van der Waals surface area contributed by atoms with Crippen molar-refractivity contribution in [1.29, 1.82) is 0 Å². The van der Waals surface area contributed by atoms with Gasteiger partial charge in [-0.25, -0.2) is 0 Å². The van der Waals surface area contributed by atoms with Crippen molar-refractivity contribution in [3.05, 3.63) is 101 Å². The van der Waals surface area contributed by atoms with E-state index in [4.69, 9.17) is 9.47 Å². The van der Waals surface area contributed by atoms with E-state index < -0.39 is 28.9 Å². The summed E-state index contributed by atoms with van der Waals surface area (Å²) in [5, 5.41) is 12.9. The molecule has 1 saturated heterocycles. The predicted octanol–water partition coefficient (Wildman–Crippen LogP) is 5.65. The fourth-order valence-electron chi connectivity index (χ4n) is 8.60. The van der Waals surface area contributed by atoms with Crippen molar-refractivity contribution in [3.63, 3.8) is 0 Å². The number of likely N-dealkylation sites (N-methyl/N-ethyl adjacent to an activating group) is 1. The fraction of sp³-hybridized carbons (Fsp3) is 0.417. The number of rotatable bonds is 7. The molecule has 5 atom stereocenters. The van der Waals surface area contributed by atoms with E-state index in [0.717, 1.165) is 42.8 Å². The molecule has 2 aliphatic heterocycles. The van der Waals surface area contributed by atoms with Gasteiger partial charge in [-0.15, -0.1) is 0 Å². The summed E-state index contributed by atoms with van der Waals surface area (Å²) < 4.78 is 52.2. The number of halogens is 3. The Hall–Kier alpha value is -3.82. The number of ether oxygens (including phenoxy) is 2. The second kappa shape index (κ2) is 10.9. The molecule has 4 aliphatic rings. The van der Waals surface area contributed by atoms with Gasteiger partial charge in [0.05, 0.1) is 29.7 Å². The first-order chi connectivity index (χ1) is 21.6. The molecule has 1 amide bonds. The van der Waals surface area contributed by atoms with Crippen molar-refractivity contribution < 1.29 is 32.5 Å². The number of carbonyl (C=O) groups is 1. The van der Waals surface area contributed by atoms with Crippen LogP contribution < -0.4 is 9.47 Å². The maximum absolute atomic E-state index is 13.5. The van der Waals surface area contributed by atoms with Crippen molar-refractivity contribution in [1.82, 2.24) is 9.80 Å². The molecule has 1 saturated carbocycles. The normalized spacial score (nSPS) is 28.4. The number of hydrogen-bond acceptors (Lipinski definition) is 5. The van der Waals surface area contributed by atoms with Crippen molar-refractivity contribution in [2.24, 2.45) is 0 Å². The predicted molar refractivity (Wildman–Crippen MR) is 164 cm³/mol. The number of methoxy groups -OCH3 is 1. The zero-order valence-electron chi connectivity index (χ0n) is 25.4.